The summed E-state index contributed by atoms with van der Waals surface area (Å²) < 4.78 is 27.7. The molecule has 1 saturated heterocycles. The van der Waals surface area contributed by atoms with Gasteiger partial charge in [-0.1, -0.05) is 11.6 Å². The van der Waals surface area contributed by atoms with E-state index in [1.807, 2.05) is 9.80 Å². The molecule has 9 nitrogen and oxygen atoms in total. The number of halogens is 1. The number of likely N-dealkylation sites (N-methyl/N-ethyl adjacent to an activating group) is 1. The summed E-state index contributed by atoms with van der Waals surface area (Å²) in [7, 11) is -0.544. The molecule has 1 fully saturated rings. The largest absolute Gasteiger partial charge is 0.478 e. The summed E-state index contributed by atoms with van der Waals surface area (Å²) in [5.74, 6) is -1.21. The van der Waals surface area contributed by atoms with Crippen molar-refractivity contribution in [3.05, 3.63) is 53.1 Å². The lowest BCUT2D eigenvalue weighted by Gasteiger charge is -2.36. The Kier molecular flexibility index (Phi) is 7.27. The Bertz CT molecular complexity index is 1100. The fourth-order valence-corrected chi connectivity index (χ4v) is 4.51. The highest BCUT2D eigenvalue weighted by atomic mass is 35.5. The number of carboxylic acid groups (broad SMARTS) is 1. The van der Waals surface area contributed by atoms with Crippen LogP contribution in [0.1, 0.15) is 10.4 Å². The summed E-state index contributed by atoms with van der Waals surface area (Å²) in [6, 6.07) is 10.2. The van der Waals surface area contributed by atoms with Crippen LogP contribution < -0.4 is 9.62 Å². The van der Waals surface area contributed by atoms with Gasteiger partial charge in [0.2, 0.25) is 5.91 Å². The third-order valence-electron chi connectivity index (χ3n) is 5.20. The van der Waals surface area contributed by atoms with Crippen LogP contribution in [0.4, 0.5) is 11.4 Å². The van der Waals surface area contributed by atoms with E-state index in [0.29, 0.717) is 43.4 Å². The lowest BCUT2D eigenvalue weighted by Crippen LogP contribution is -2.49. The first-order valence-electron chi connectivity index (χ1n) is 9.90. The fourth-order valence-electron chi connectivity index (χ4n) is 3.31. The van der Waals surface area contributed by atoms with Gasteiger partial charge in [-0.2, -0.15) is 0 Å². The van der Waals surface area contributed by atoms with Crippen LogP contribution >= 0.6 is 11.6 Å². The normalized spacial score (nSPS) is 14.8. The smallest absolute Gasteiger partial charge is 0.337 e. The van der Waals surface area contributed by atoms with Gasteiger partial charge in [0.1, 0.15) is 0 Å². The van der Waals surface area contributed by atoms with Gasteiger partial charge in [-0.25, -0.2) is 13.2 Å². The average Bonchev–Trinajstić information content (AvgIpc) is 2.74. The number of carbonyl (C=O) groups excluding carboxylic acids is 1. The number of carboxylic acids is 1. The zero-order chi connectivity index (χ0) is 23.5. The molecule has 0 aromatic heterocycles. The van der Waals surface area contributed by atoms with Gasteiger partial charge in [-0.15, -0.1) is 0 Å². The number of anilines is 2. The molecule has 2 N–H and O–H groups in total. The van der Waals surface area contributed by atoms with E-state index >= 15 is 0 Å². The molecule has 2 aromatic carbocycles. The summed E-state index contributed by atoms with van der Waals surface area (Å²) in [4.78, 5) is 29.3. The zero-order valence-electron chi connectivity index (χ0n) is 17.8. The number of hydrogen-bond acceptors (Lipinski definition) is 6. The molecule has 0 spiro atoms. The second-order valence-electron chi connectivity index (χ2n) is 7.65. The zero-order valence-corrected chi connectivity index (χ0v) is 19.4. The number of piperazine rings is 1. The molecular formula is C21H25ClN4O5S. The number of hydrogen-bond donors (Lipinski definition) is 2. The third-order valence-corrected chi connectivity index (χ3v) is 6.83. The van der Waals surface area contributed by atoms with Crippen molar-refractivity contribution in [2.45, 2.75) is 4.90 Å². The van der Waals surface area contributed by atoms with Crippen LogP contribution in [0.2, 0.25) is 5.02 Å². The van der Waals surface area contributed by atoms with Crippen molar-refractivity contribution < 1.29 is 23.1 Å². The van der Waals surface area contributed by atoms with Gasteiger partial charge < -0.3 is 14.9 Å². The van der Waals surface area contributed by atoms with Crippen molar-refractivity contribution in [3.63, 3.8) is 0 Å². The van der Waals surface area contributed by atoms with Crippen molar-refractivity contribution in [2.24, 2.45) is 0 Å². The lowest BCUT2D eigenvalue weighted by atomic mass is 10.1. The number of nitrogens with one attached hydrogen (secondary N) is 1. The van der Waals surface area contributed by atoms with E-state index in [4.69, 9.17) is 11.6 Å². The van der Waals surface area contributed by atoms with E-state index in [1.54, 1.807) is 25.1 Å². The first-order chi connectivity index (χ1) is 15.1. The molecule has 1 aliphatic heterocycles. The van der Waals surface area contributed by atoms with E-state index in [0.717, 1.165) is 0 Å². The standard InChI is InChI=1S/C21H25ClN4O5S/c1-24(2)20(27)14-25-9-11-26(12-10-25)16-5-8-19(18(13-16)21(28)29)23-32(30,31)17-6-3-15(22)4-7-17/h3-8,13,23H,9-12,14H2,1-2H3,(H,28,29). The molecule has 1 amide bonds. The maximum absolute atomic E-state index is 12.7. The fraction of sp³-hybridized carbons (Fsp3) is 0.333. The molecule has 0 unspecified atom stereocenters. The van der Waals surface area contributed by atoms with Crippen molar-refractivity contribution in [3.8, 4) is 0 Å². The SMILES string of the molecule is CN(C)C(=O)CN1CCN(c2ccc(NS(=O)(=O)c3ccc(Cl)cc3)c(C(=O)O)c2)CC1. The number of rotatable bonds is 7. The molecule has 11 heteroatoms. The number of benzene rings is 2. The lowest BCUT2D eigenvalue weighted by molar-refractivity contribution is -0.129. The van der Waals surface area contributed by atoms with E-state index in [1.165, 1.54) is 36.4 Å². The van der Waals surface area contributed by atoms with Gasteiger partial charge >= 0.3 is 5.97 Å². The Hall–Kier alpha value is -2.82. The van der Waals surface area contributed by atoms with Gasteiger partial charge in [0.25, 0.3) is 10.0 Å². The second kappa shape index (κ2) is 9.76. The van der Waals surface area contributed by atoms with Crippen LogP contribution in [-0.4, -0.2) is 82.0 Å². The maximum atomic E-state index is 12.7. The summed E-state index contributed by atoms with van der Waals surface area (Å²) in [6.45, 7) is 2.90. The highest BCUT2D eigenvalue weighted by molar-refractivity contribution is 7.92. The molecular weight excluding hydrogens is 456 g/mol. The van der Waals surface area contributed by atoms with E-state index in [-0.39, 0.29) is 22.1 Å². The number of amides is 1. The first kappa shape index (κ1) is 23.8. The van der Waals surface area contributed by atoms with Crippen molar-refractivity contribution in [1.82, 2.24) is 9.80 Å². The molecule has 0 radical (unpaired) electrons. The summed E-state index contributed by atoms with van der Waals surface area (Å²) in [6.07, 6.45) is 0. The second-order valence-corrected chi connectivity index (χ2v) is 9.76. The van der Waals surface area contributed by atoms with Crippen LogP contribution in [-0.2, 0) is 14.8 Å². The monoisotopic (exact) mass is 480 g/mol. The number of aromatic carboxylic acids is 1. The topological polar surface area (TPSA) is 110 Å². The molecule has 32 heavy (non-hydrogen) atoms. The molecule has 0 aliphatic carbocycles. The van der Waals surface area contributed by atoms with Gasteiger partial charge in [0, 0.05) is 51.0 Å². The van der Waals surface area contributed by atoms with Crippen molar-refractivity contribution in [1.29, 1.82) is 0 Å². The van der Waals surface area contributed by atoms with E-state index in [9.17, 15) is 23.1 Å². The molecule has 0 atom stereocenters. The minimum Gasteiger partial charge on any atom is -0.478 e. The average molecular weight is 481 g/mol. The molecule has 172 valence electrons. The van der Waals surface area contributed by atoms with Crippen LogP contribution in [0, 0.1) is 0 Å². The Labute approximate surface area is 192 Å². The molecule has 3 rings (SSSR count). The number of nitrogens with zero attached hydrogens (tertiary/aromatic N) is 3. The van der Waals surface area contributed by atoms with Gasteiger partial charge in [0.05, 0.1) is 22.7 Å². The van der Waals surface area contributed by atoms with Crippen LogP contribution in [0.25, 0.3) is 0 Å². The molecule has 0 bridgehead atoms. The Morgan fingerprint density at radius 3 is 2.25 bits per heavy atom. The molecule has 0 saturated carbocycles. The summed E-state index contributed by atoms with van der Waals surface area (Å²) >= 11 is 5.81. The van der Waals surface area contributed by atoms with Gasteiger partial charge in [0.15, 0.2) is 0 Å². The quantitative estimate of drug-likeness (QED) is 0.624. The molecule has 1 heterocycles. The predicted octanol–water partition coefficient (Wildman–Crippen LogP) is 2.05. The third kappa shape index (κ3) is 5.70. The van der Waals surface area contributed by atoms with Gasteiger partial charge in [-0.3, -0.25) is 14.4 Å². The summed E-state index contributed by atoms with van der Waals surface area (Å²) in [5, 5.41) is 10.1. The van der Waals surface area contributed by atoms with Crippen LogP contribution in [0.15, 0.2) is 47.4 Å². The number of carbonyl (C=O) groups is 2. The van der Waals surface area contributed by atoms with Crippen molar-refractivity contribution in [2.75, 3.05) is 56.4 Å². The van der Waals surface area contributed by atoms with Crippen LogP contribution in [0.3, 0.4) is 0 Å². The minimum absolute atomic E-state index is 0.0218. The Balaban J connectivity index is 1.75. The Morgan fingerprint density at radius 2 is 1.69 bits per heavy atom. The minimum atomic E-state index is -3.98. The van der Waals surface area contributed by atoms with Gasteiger partial charge in [-0.05, 0) is 42.5 Å². The predicted molar refractivity (Wildman–Crippen MR) is 123 cm³/mol. The Morgan fingerprint density at radius 1 is 1.06 bits per heavy atom. The summed E-state index contributed by atoms with van der Waals surface area (Å²) in [5.41, 5.74) is 0.507. The molecule has 1 aliphatic rings. The number of sulfonamides is 1. The first-order valence-corrected chi connectivity index (χ1v) is 11.8. The van der Waals surface area contributed by atoms with E-state index < -0.39 is 16.0 Å². The highest BCUT2D eigenvalue weighted by Gasteiger charge is 2.23. The van der Waals surface area contributed by atoms with E-state index in [2.05, 4.69) is 4.72 Å². The molecule has 2 aromatic rings. The highest BCUT2D eigenvalue weighted by Crippen LogP contribution is 2.27. The van der Waals surface area contributed by atoms with Crippen LogP contribution in [0.5, 0.6) is 0 Å². The maximum Gasteiger partial charge on any atom is 0.337 e. The van der Waals surface area contributed by atoms with Crippen molar-refractivity contribution >= 4 is 44.9 Å².